The monoisotopic (exact) mass is 798 g/mol. The molecule has 0 aliphatic carbocycles. The van der Waals surface area contributed by atoms with Crippen molar-refractivity contribution in [3.8, 4) is 55.1 Å². The van der Waals surface area contributed by atoms with E-state index >= 15 is 0 Å². The second-order valence-corrected chi connectivity index (χ2v) is 16.3. The maximum Gasteiger partial charge on any atom is 0.159 e. The van der Waals surface area contributed by atoms with Gasteiger partial charge in [0.25, 0.3) is 0 Å². The first kappa shape index (κ1) is 36.4. The summed E-state index contributed by atoms with van der Waals surface area (Å²) in [5, 5.41) is 7.11. The molecule has 1 aliphatic rings. The van der Waals surface area contributed by atoms with E-state index in [1.807, 2.05) is 18.2 Å². The SMILES string of the molecule is c1ccc(-c2ccc(C3=N[C@H](c4ccccc4)NC(c4cccc(-c5cccc6c(-c7cccc(-c8ccc(-c9nc%10ccccc%10s9)cc8)c7)cccc56)c4)=N3)cc2)cc1. The molecule has 0 amide bonds. The predicted molar refractivity (Wildman–Crippen MR) is 256 cm³/mol. The van der Waals surface area contributed by atoms with E-state index in [1.165, 1.54) is 48.9 Å². The zero-order valence-electron chi connectivity index (χ0n) is 33.1. The Kier molecular flexibility index (Phi) is 9.41. The minimum absolute atomic E-state index is 0.284. The van der Waals surface area contributed by atoms with Gasteiger partial charge in [-0.05, 0) is 85.1 Å². The Labute approximate surface area is 358 Å². The number of hydrogen-bond acceptors (Lipinski definition) is 5. The van der Waals surface area contributed by atoms with Crippen LogP contribution >= 0.6 is 11.3 Å². The normalized spacial score (nSPS) is 13.7. The van der Waals surface area contributed by atoms with Gasteiger partial charge in [0.2, 0.25) is 0 Å². The van der Waals surface area contributed by atoms with Gasteiger partial charge in [-0.2, -0.15) is 0 Å². The molecule has 11 rings (SSSR count). The largest absolute Gasteiger partial charge is 0.344 e. The van der Waals surface area contributed by atoms with Gasteiger partial charge in [-0.3, -0.25) is 0 Å². The molecule has 10 aromatic rings. The molecule has 0 bridgehead atoms. The number of nitrogens with one attached hydrogen (secondary N) is 1. The predicted octanol–water partition coefficient (Wildman–Crippen LogP) is 14.3. The Morgan fingerprint density at radius 2 is 0.902 bits per heavy atom. The van der Waals surface area contributed by atoms with Crippen molar-refractivity contribution >= 4 is 44.0 Å². The molecule has 1 aromatic heterocycles. The molecular weight excluding hydrogens is 761 g/mol. The Morgan fingerprint density at radius 3 is 1.59 bits per heavy atom. The van der Waals surface area contributed by atoms with E-state index in [9.17, 15) is 0 Å². The molecule has 0 saturated carbocycles. The molecule has 9 aromatic carbocycles. The van der Waals surface area contributed by atoms with Gasteiger partial charge in [-0.25, -0.2) is 15.0 Å². The van der Waals surface area contributed by atoms with Crippen LogP contribution in [-0.2, 0) is 0 Å². The first-order valence-corrected chi connectivity index (χ1v) is 21.4. The molecule has 1 N–H and O–H groups in total. The third-order valence-electron chi connectivity index (χ3n) is 11.4. The zero-order valence-corrected chi connectivity index (χ0v) is 33.9. The lowest BCUT2D eigenvalue weighted by molar-refractivity contribution is 0.674. The van der Waals surface area contributed by atoms with Crippen LogP contribution < -0.4 is 5.32 Å². The smallest absolute Gasteiger partial charge is 0.159 e. The number of benzene rings is 9. The standard InChI is InChI=1S/C56H38N4S/c1-3-13-37(14-4-1)38-27-31-41(32-28-38)54-58-53(40-15-5-2-6-16-40)59-55(60-54)46-20-10-19-45(36-46)48-22-12-23-49-47(21-11-24-50(48)49)44-18-9-17-43(35-44)39-29-33-42(34-30-39)56-57-51-25-7-8-26-52(51)61-56/h1-36,53H,(H,58,59,60)/t53-/m0/s1. The van der Waals surface area contributed by atoms with Gasteiger partial charge in [0.05, 0.1) is 10.2 Å². The lowest BCUT2D eigenvalue weighted by Gasteiger charge is -2.24. The summed E-state index contributed by atoms with van der Waals surface area (Å²) >= 11 is 1.73. The average molecular weight is 799 g/mol. The fourth-order valence-corrected chi connectivity index (χ4v) is 9.26. The highest BCUT2D eigenvalue weighted by molar-refractivity contribution is 7.21. The van der Waals surface area contributed by atoms with E-state index in [4.69, 9.17) is 15.0 Å². The molecular formula is C56H38N4S. The van der Waals surface area contributed by atoms with Crippen LogP contribution in [0.15, 0.2) is 228 Å². The number of nitrogens with zero attached hydrogens (tertiary/aromatic N) is 3. The number of thiazole rings is 1. The minimum atomic E-state index is -0.284. The van der Waals surface area contributed by atoms with Gasteiger partial charge in [0.15, 0.2) is 5.84 Å². The van der Waals surface area contributed by atoms with E-state index in [-0.39, 0.29) is 6.17 Å². The highest BCUT2D eigenvalue weighted by atomic mass is 32.1. The highest BCUT2D eigenvalue weighted by Gasteiger charge is 2.22. The zero-order chi connectivity index (χ0) is 40.5. The second kappa shape index (κ2) is 15.8. The van der Waals surface area contributed by atoms with Gasteiger partial charge < -0.3 is 5.32 Å². The van der Waals surface area contributed by atoms with Gasteiger partial charge in [-0.15, -0.1) is 11.3 Å². The van der Waals surface area contributed by atoms with Crippen LogP contribution in [0.2, 0.25) is 0 Å². The quantitative estimate of drug-likeness (QED) is 0.166. The number of fused-ring (bicyclic) bond motifs is 2. The lowest BCUT2D eigenvalue weighted by Crippen LogP contribution is -2.33. The summed E-state index contributed by atoms with van der Waals surface area (Å²) in [6, 6.07) is 77.3. The molecule has 2 heterocycles. The fourth-order valence-electron chi connectivity index (χ4n) is 8.29. The van der Waals surface area contributed by atoms with E-state index in [0.29, 0.717) is 5.84 Å². The van der Waals surface area contributed by atoms with Crippen molar-refractivity contribution in [1.82, 2.24) is 10.3 Å². The number of hydrogen-bond donors (Lipinski definition) is 1. The van der Waals surface area contributed by atoms with E-state index in [0.717, 1.165) is 49.7 Å². The molecule has 1 atom stereocenters. The summed E-state index contributed by atoms with van der Waals surface area (Å²) in [6.45, 7) is 0. The summed E-state index contributed by atoms with van der Waals surface area (Å²) in [5.41, 5.74) is 14.6. The maximum atomic E-state index is 5.17. The average Bonchev–Trinajstić information content (AvgIpc) is 3.79. The molecule has 5 heteroatoms. The topological polar surface area (TPSA) is 49.6 Å². The number of aliphatic imine (C=N–C) groups is 2. The third-order valence-corrected chi connectivity index (χ3v) is 12.5. The number of rotatable bonds is 8. The van der Waals surface area contributed by atoms with Gasteiger partial charge >= 0.3 is 0 Å². The summed E-state index contributed by atoms with van der Waals surface area (Å²) < 4.78 is 1.21. The Morgan fingerprint density at radius 1 is 0.393 bits per heavy atom. The van der Waals surface area contributed by atoms with Crippen LogP contribution in [0.1, 0.15) is 22.9 Å². The molecule has 0 spiro atoms. The number of para-hydroxylation sites is 1. The molecule has 0 radical (unpaired) electrons. The Bertz CT molecular complexity index is 3230. The molecule has 4 nitrogen and oxygen atoms in total. The molecule has 288 valence electrons. The van der Waals surface area contributed by atoms with Crippen molar-refractivity contribution in [2.75, 3.05) is 0 Å². The summed E-state index contributed by atoms with van der Waals surface area (Å²) in [5.74, 6) is 1.49. The number of aromatic nitrogens is 1. The molecule has 61 heavy (non-hydrogen) atoms. The van der Waals surface area contributed by atoms with Gasteiger partial charge in [0, 0.05) is 16.7 Å². The van der Waals surface area contributed by atoms with Crippen LogP contribution in [0, 0.1) is 0 Å². The van der Waals surface area contributed by atoms with Crippen molar-refractivity contribution in [1.29, 1.82) is 0 Å². The molecule has 0 saturated heterocycles. The summed E-state index contributed by atoms with van der Waals surface area (Å²) in [6.07, 6.45) is -0.284. The van der Waals surface area contributed by atoms with Crippen molar-refractivity contribution in [2.45, 2.75) is 6.17 Å². The first-order valence-electron chi connectivity index (χ1n) is 20.5. The van der Waals surface area contributed by atoms with Crippen LogP contribution in [0.5, 0.6) is 0 Å². The molecule has 0 unspecified atom stereocenters. The first-order chi connectivity index (χ1) is 30.2. The van der Waals surface area contributed by atoms with Crippen LogP contribution in [-0.4, -0.2) is 16.7 Å². The van der Waals surface area contributed by atoms with E-state index in [1.54, 1.807) is 11.3 Å². The maximum absolute atomic E-state index is 5.17. The minimum Gasteiger partial charge on any atom is -0.344 e. The van der Waals surface area contributed by atoms with Gasteiger partial charge in [-0.1, -0.05) is 194 Å². The Hall–Kier alpha value is -7.73. The fraction of sp³-hybridized carbons (Fsp3) is 0.0179. The van der Waals surface area contributed by atoms with Crippen molar-refractivity contribution in [2.24, 2.45) is 9.98 Å². The third kappa shape index (κ3) is 7.22. The second-order valence-electron chi connectivity index (χ2n) is 15.2. The van der Waals surface area contributed by atoms with E-state index in [2.05, 4.69) is 206 Å². The summed E-state index contributed by atoms with van der Waals surface area (Å²) in [7, 11) is 0. The molecule has 1 aliphatic heterocycles. The van der Waals surface area contributed by atoms with Crippen molar-refractivity contribution < 1.29 is 0 Å². The van der Waals surface area contributed by atoms with Crippen molar-refractivity contribution in [3.05, 3.63) is 235 Å². The molecule has 0 fully saturated rings. The van der Waals surface area contributed by atoms with Crippen molar-refractivity contribution in [3.63, 3.8) is 0 Å². The van der Waals surface area contributed by atoms with Crippen LogP contribution in [0.3, 0.4) is 0 Å². The highest BCUT2D eigenvalue weighted by Crippen LogP contribution is 2.38. The van der Waals surface area contributed by atoms with Gasteiger partial charge in [0.1, 0.15) is 17.0 Å². The van der Waals surface area contributed by atoms with Crippen LogP contribution in [0.25, 0.3) is 76.1 Å². The summed E-state index contributed by atoms with van der Waals surface area (Å²) in [4.78, 5) is 15.2. The van der Waals surface area contributed by atoms with E-state index < -0.39 is 0 Å². The lowest BCUT2D eigenvalue weighted by atomic mass is 9.91. The Balaban J connectivity index is 0.915. The number of amidine groups is 2. The van der Waals surface area contributed by atoms with Crippen LogP contribution in [0.4, 0.5) is 0 Å².